The molecule has 0 amide bonds. The number of nitro groups is 1. The summed E-state index contributed by atoms with van der Waals surface area (Å²) in [7, 11) is 0. The lowest BCUT2D eigenvalue weighted by Crippen LogP contribution is -2.21. The topological polar surface area (TPSA) is 118 Å². The molecule has 0 bridgehead atoms. The van der Waals surface area contributed by atoms with E-state index < -0.39 is 0 Å². The maximum Gasteiger partial charge on any atom is 0.290 e. The fraction of sp³-hybridized carbons (Fsp3) is 0.750. The molecule has 1 aliphatic rings. The molecule has 1 saturated carbocycles. The van der Waals surface area contributed by atoms with Crippen molar-refractivity contribution in [1.29, 1.82) is 0 Å². The molecule has 0 unspecified atom stereocenters. The van der Waals surface area contributed by atoms with Gasteiger partial charge in [-0.25, -0.2) is 0 Å². The third kappa shape index (κ3) is 12.3. The molecule has 0 aromatic rings. The van der Waals surface area contributed by atoms with E-state index in [1.165, 1.54) is 6.42 Å². The van der Waals surface area contributed by atoms with E-state index in [-0.39, 0.29) is 23.9 Å². The first-order chi connectivity index (χ1) is 7.13. The predicted molar refractivity (Wildman–Crippen MR) is 51.3 cm³/mol. The van der Waals surface area contributed by atoms with Gasteiger partial charge in [0.25, 0.3) is 12.9 Å². The summed E-state index contributed by atoms with van der Waals surface area (Å²) in [5, 5.41) is 23.9. The van der Waals surface area contributed by atoms with Crippen LogP contribution in [0, 0.1) is 10.1 Å². The van der Waals surface area contributed by atoms with Gasteiger partial charge in [0.1, 0.15) is 0 Å². The molecule has 88 valence electrons. The van der Waals surface area contributed by atoms with Crippen molar-refractivity contribution in [3.8, 4) is 0 Å². The van der Waals surface area contributed by atoms with Gasteiger partial charge in [0.05, 0.1) is 0 Å². The largest absolute Gasteiger partial charge is 0.483 e. The van der Waals surface area contributed by atoms with E-state index in [0.717, 1.165) is 25.7 Å². The van der Waals surface area contributed by atoms with Crippen LogP contribution in [-0.2, 0) is 9.59 Å². The van der Waals surface area contributed by atoms with E-state index in [9.17, 15) is 10.1 Å². The second kappa shape index (κ2) is 12.3. The monoisotopic (exact) mass is 221 g/mol. The zero-order valence-electron chi connectivity index (χ0n) is 8.24. The van der Waals surface area contributed by atoms with Gasteiger partial charge >= 0.3 is 0 Å². The standard InChI is InChI=1S/C6H11NO2.2CH2O2/c8-7(9)6-4-2-1-3-5-6;2*2-1-3/h6H,1-5H2;2*1H,(H,2,3). The van der Waals surface area contributed by atoms with Gasteiger partial charge in [0.15, 0.2) is 0 Å². The highest BCUT2D eigenvalue weighted by Gasteiger charge is 2.21. The van der Waals surface area contributed by atoms with Crippen LogP contribution in [0.3, 0.4) is 0 Å². The van der Waals surface area contributed by atoms with Crippen LogP contribution >= 0.6 is 0 Å². The van der Waals surface area contributed by atoms with Crippen LogP contribution in [0.15, 0.2) is 0 Å². The van der Waals surface area contributed by atoms with Crippen LogP contribution in [0.2, 0.25) is 0 Å². The van der Waals surface area contributed by atoms with Gasteiger partial charge in [-0.1, -0.05) is 6.42 Å². The number of hydrogen-bond donors (Lipinski definition) is 2. The lowest BCUT2D eigenvalue weighted by atomic mass is 9.96. The molecule has 7 heteroatoms. The van der Waals surface area contributed by atoms with Crippen molar-refractivity contribution in [2.45, 2.75) is 38.1 Å². The van der Waals surface area contributed by atoms with E-state index in [2.05, 4.69) is 0 Å². The molecule has 0 saturated heterocycles. The van der Waals surface area contributed by atoms with Gasteiger partial charge in [-0.2, -0.15) is 0 Å². The van der Waals surface area contributed by atoms with Gasteiger partial charge in [-0.05, 0) is 12.8 Å². The average molecular weight is 221 g/mol. The minimum Gasteiger partial charge on any atom is -0.483 e. The van der Waals surface area contributed by atoms with Gasteiger partial charge in [-0.15, -0.1) is 0 Å². The number of rotatable bonds is 1. The van der Waals surface area contributed by atoms with Crippen molar-refractivity contribution in [2.24, 2.45) is 0 Å². The predicted octanol–water partition coefficient (Wildman–Crippen LogP) is 0.997. The summed E-state index contributed by atoms with van der Waals surface area (Å²) >= 11 is 0. The molecular formula is C8H15NO6. The van der Waals surface area contributed by atoms with Crippen LogP contribution in [-0.4, -0.2) is 34.1 Å². The van der Waals surface area contributed by atoms with Crippen molar-refractivity contribution in [3.63, 3.8) is 0 Å². The van der Waals surface area contributed by atoms with E-state index in [4.69, 9.17) is 19.8 Å². The molecule has 0 spiro atoms. The zero-order chi connectivity index (χ0) is 12.1. The Morgan fingerprint density at radius 3 is 1.60 bits per heavy atom. The highest BCUT2D eigenvalue weighted by atomic mass is 16.6. The van der Waals surface area contributed by atoms with E-state index >= 15 is 0 Å². The molecule has 1 rings (SSSR count). The number of carbonyl (C=O) groups is 2. The second-order valence-electron chi connectivity index (χ2n) is 2.79. The van der Waals surface area contributed by atoms with Crippen molar-refractivity contribution in [2.75, 3.05) is 0 Å². The van der Waals surface area contributed by atoms with Crippen LogP contribution in [0.5, 0.6) is 0 Å². The summed E-state index contributed by atoms with van der Waals surface area (Å²) < 4.78 is 0. The smallest absolute Gasteiger partial charge is 0.290 e. The van der Waals surface area contributed by atoms with Crippen LogP contribution in [0.25, 0.3) is 0 Å². The Morgan fingerprint density at radius 2 is 1.40 bits per heavy atom. The Hall–Kier alpha value is -1.66. The van der Waals surface area contributed by atoms with E-state index in [0.29, 0.717) is 0 Å². The van der Waals surface area contributed by atoms with Gasteiger partial charge in [0, 0.05) is 17.8 Å². The van der Waals surface area contributed by atoms with Gasteiger partial charge in [-0.3, -0.25) is 19.7 Å². The maximum absolute atomic E-state index is 10.2. The number of carboxylic acid groups (broad SMARTS) is 2. The lowest BCUT2D eigenvalue weighted by Gasteiger charge is -2.13. The minimum absolute atomic E-state index is 0.140. The summed E-state index contributed by atoms with van der Waals surface area (Å²) in [6, 6.07) is -0.223. The molecule has 0 atom stereocenters. The Morgan fingerprint density at radius 1 is 1.07 bits per heavy atom. The first-order valence-electron chi connectivity index (χ1n) is 4.43. The van der Waals surface area contributed by atoms with E-state index in [1.54, 1.807) is 0 Å². The minimum atomic E-state index is -0.250. The van der Waals surface area contributed by atoms with Crippen LogP contribution < -0.4 is 0 Å². The fourth-order valence-corrected chi connectivity index (χ4v) is 1.29. The fourth-order valence-electron chi connectivity index (χ4n) is 1.29. The third-order valence-corrected chi connectivity index (χ3v) is 1.87. The highest BCUT2D eigenvalue weighted by molar-refractivity contribution is 5.32. The maximum atomic E-state index is 10.2. The molecule has 1 aliphatic carbocycles. The molecule has 1 fully saturated rings. The number of nitrogens with zero attached hydrogens (tertiary/aromatic N) is 1. The zero-order valence-corrected chi connectivity index (χ0v) is 8.24. The summed E-state index contributed by atoms with van der Waals surface area (Å²) in [6.07, 6.45) is 4.88. The Labute approximate surface area is 86.9 Å². The van der Waals surface area contributed by atoms with Gasteiger partial charge in [0.2, 0.25) is 6.04 Å². The van der Waals surface area contributed by atoms with E-state index in [1.807, 2.05) is 0 Å². The van der Waals surface area contributed by atoms with Crippen molar-refractivity contribution >= 4 is 12.9 Å². The molecule has 0 aromatic carbocycles. The molecule has 0 heterocycles. The van der Waals surface area contributed by atoms with Crippen molar-refractivity contribution < 1.29 is 24.7 Å². The van der Waals surface area contributed by atoms with Crippen molar-refractivity contribution in [3.05, 3.63) is 10.1 Å². The first-order valence-corrected chi connectivity index (χ1v) is 4.43. The second-order valence-corrected chi connectivity index (χ2v) is 2.79. The molecular weight excluding hydrogens is 206 g/mol. The molecule has 0 radical (unpaired) electrons. The molecule has 0 aromatic heterocycles. The van der Waals surface area contributed by atoms with Gasteiger partial charge < -0.3 is 10.2 Å². The summed E-state index contributed by atoms with van der Waals surface area (Å²) in [4.78, 5) is 26.7. The molecule has 2 N–H and O–H groups in total. The summed E-state index contributed by atoms with van der Waals surface area (Å²) in [5.41, 5.74) is 0. The number of hydrogen-bond acceptors (Lipinski definition) is 4. The van der Waals surface area contributed by atoms with Crippen molar-refractivity contribution in [1.82, 2.24) is 0 Å². The SMILES string of the molecule is O=CO.O=CO.O=[N+]([O-])C1CCCCC1. The lowest BCUT2D eigenvalue weighted by molar-refractivity contribution is -0.526. The average Bonchev–Trinajstić information content (AvgIpc) is 2.21. The highest BCUT2D eigenvalue weighted by Crippen LogP contribution is 2.19. The summed E-state index contributed by atoms with van der Waals surface area (Å²) in [5.74, 6) is 0. The third-order valence-electron chi connectivity index (χ3n) is 1.87. The molecule has 15 heavy (non-hydrogen) atoms. The Balaban J connectivity index is 0. The molecule has 7 nitrogen and oxygen atoms in total. The molecule has 0 aliphatic heterocycles. The normalized spacial score (nSPS) is 14.7. The first kappa shape index (κ1) is 15.8. The van der Waals surface area contributed by atoms with Crippen LogP contribution in [0.4, 0.5) is 0 Å². The Bertz CT molecular complexity index is 172. The quantitative estimate of drug-likeness (QED) is 0.387. The summed E-state index contributed by atoms with van der Waals surface area (Å²) in [6.45, 7) is -0.500. The van der Waals surface area contributed by atoms with Crippen LogP contribution in [0.1, 0.15) is 32.1 Å². The Kier molecular flexibility index (Phi) is 13.0.